The van der Waals surface area contributed by atoms with Gasteiger partial charge in [-0.2, -0.15) is 0 Å². The number of methoxy groups -OCH3 is 1. The lowest BCUT2D eigenvalue weighted by molar-refractivity contribution is 0.0691. The fraction of sp³-hybridized carbons (Fsp3) is 0.632. The maximum absolute atomic E-state index is 11.2. The second kappa shape index (κ2) is 10.4. The van der Waals surface area contributed by atoms with E-state index < -0.39 is 5.97 Å². The normalized spacial score (nSPS) is 12.5. The molecular formula is C19H30O3. The minimum absolute atomic E-state index is 0.102. The number of ether oxygens (including phenoxy) is 1. The standard InChI is InChI=1S/C19H30O3/c1-15(2)10-6-4-5-7-12-17(22-3)14-16-11-8-9-13-18(16)19(20)21/h8-9,11,13,15,17H,4-7,10,12,14H2,1-3H3,(H,20,21). The van der Waals surface area contributed by atoms with Crippen LogP contribution in [0.3, 0.4) is 0 Å². The van der Waals surface area contributed by atoms with Gasteiger partial charge in [0.2, 0.25) is 0 Å². The van der Waals surface area contributed by atoms with E-state index in [-0.39, 0.29) is 6.10 Å². The van der Waals surface area contributed by atoms with Crippen molar-refractivity contribution in [3.63, 3.8) is 0 Å². The third-order valence-electron chi connectivity index (χ3n) is 4.09. The quantitative estimate of drug-likeness (QED) is 0.589. The van der Waals surface area contributed by atoms with Crippen LogP contribution < -0.4 is 0 Å². The van der Waals surface area contributed by atoms with Crippen molar-refractivity contribution >= 4 is 5.97 Å². The van der Waals surface area contributed by atoms with E-state index in [0.717, 1.165) is 24.3 Å². The van der Waals surface area contributed by atoms with Crippen molar-refractivity contribution in [2.45, 2.75) is 64.9 Å². The van der Waals surface area contributed by atoms with E-state index in [2.05, 4.69) is 13.8 Å². The maximum atomic E-state index is 11.2. The largest absolute Gasteiger partial charge is 0.478 e. The SMILES string of the molecule is COC(CCCCCCC(C)C)Cc1ccccc1C(=O)O. The maximum Gasteiger partial charge on any atom is 0.335 e. The van der Waals surface area contributed by atoms with Gasteiger partial charge in [0.1, 0.15) is 0 Å². The van der Waals surface area contributed by atoms with Crippen molar-refractivity contribution in [3.05, 3.63) is 35.4 Å². The van der Waals surface area contributed by atoms with Crippen molar-refractivity contribution in [3.8, 4) is 0 Å². The summed E-state index contributed by atoms with van der Waals surface area (Å²) in [6, 6.07) is 7.21. The van der Waals surface area contributed by atoms with E-state index in [0.29, 0.717) is 12.0 Å². The second-order valence-electron chi connectivity index (χ2n) is 6.41. The number of carbonyl (C=O) groups is 1. The van der Waals surface area contributed by atoms with Gasteiger partial charge in [-0.3, -0.25) is 0 Å². The van der Waals surface area contributed by atoms with Gasteiger partial charge in [0, 0.05) is 7.11 Å². The Hall–Kier alpha value is -1.35. The zero-order valence-electron chi connectivity index (χ0n) is 14.2. The Labute approximate surface area is 134 Å². The molecule has 1 N–H and O–H groups in total. The van der Waals surface area contributed by atoms with Gasteiger partial charge in [-0.15, -0.1) is 0 Å². The molecule has 0 fully saturated rings. The molecule has 0 aliphatic heterocycles. The minimum Gasteiger partial charge on any atom is -0.478 e. The molecule has 0 spiro atoms. The highest BCUT2D eigenvalue weighted by molar-refractivity contribution is 5.89. The molecule has 1 rings (SSSR count). The first-order valence-corrected chi connectivity index (χ1v) is 8.38. The van der Waals surface area contributed by atoms with Crippen LogP contribution >= 0.6 is 0 Å². The van der Waals surface area contributed by atoms with Crippen molar-refractivity contribution in [1.29, 1.82) is 0 Å². The average molecular weight is 306 g/mol. The molecule has 0 aliphatic rings. The summed E-state index contributed by atoms with van der Waals surface area (Å²) in [5.41, 5.74) is 1.25. The third-order valence-corrected chi connectivity index (χ3v) is 4.09. The third kappa shape index (κ3) is 7.08. The highest BCUT2D eigenvalue weighted by Crippen LogP contribution is 2.17. The number of carboxylic acids is 1. The zero-order valence-corrected chi connectivity index (χ0v) is 14.2. The van der Waals surface area contributed by atoms with Crippen molar-refractivity contribution in [1.82, 2.24) is 0 Å². The summed E-state index contributed by atoms with van der Waals surface area (Å²) < 4.78 is 5.54. The average Bonchev–Trinajstić information content (AvgIpc) is 2.49. The topological polar surface area (TPSA) is 46.5 Å². The summed E-state index contributed by atoms with van der Waals surface area (Å²) >= 11 is 0. The van der Waals surface area contributed by atoms with Crippen molar-refractivity contribution in [2.24, 2.45) is 5.92 Å². The first-order valence-electron chi connectivity index (χ1n) is 8.38. The molecule has 0 radical (unpaired) electrons. The van der Waals surface area contributed by atoms with Crippen LogP contribution in [0.15, 0.2) is 24.3 Å². The monoisotopic (exact) mass is 306 g/mol. The Morgan fingerprint density at radius 3 is 2.32 bits per heavy atom. The van der Waals surface area contributed by atoms with Crippen LogP contribution in [-0.2, 0) is 11.2 Å². The number of aromatic carboxylic acids is 1. The highest BCUT2D eigenvalue weighted by Gasteiger charge is 2.14. The van der Waals surface area contributed by atoms with Gasteiger partial charge < -0.3 is 9.84 Å². The number of hydrogen-bond donors (Lipinski definition) is 1. The molecule has 3 heteroatoms. The Balaban J connectivity index is 2.38. The van der Waals surface area contributed by atoms with Crippen molar-refractivity contribution < 1.29 is 14.6 Å². The molecular weight excluding hydrogens is 276 g/mol. The number of rotatable bonds is 11. The molecule has 0 amide bonds. The van der Waals surface area contributed by atoms with E-state index in [1.165, 1.54) is 25.7 Å². The van der Waals surface area contributed by atoms with E-state index in [1.54, 1.807) is 19.2 Å². The predicted octanol–water partition coefficient (Wildman–Crippen LogP) is 4.94. The van der Waals surface area contributed by atoms with Crippen LogP contribution in [0.1, 0.15) is 68.3 Å². The highest BCUT2D eigenvalue weighted by atomic mass is 16.5. The molecule has 0 saturated heterocycles. The molecule has 0 aromatic heterocycles. The van der Waals surface area contributed by atoms with E-state index >= 15 is 0 Å². The van der Waals surface area contributed by atoms with Crippen molar-refractivity contribution in [2.75, 3.05) is 7.11 Å². The Morgan fingerprint density at radius 2 is 1.73 bits per heavy atom. The molecule has 0 bridgehead atoms. The van der Waals surface area contributed by atoms with Gasteiger partial charge in [0.25, 0.3) is 0 Å². The minimum atomic E-state index is -0.862. The molecule has 1 atom stereocenters. The Bertz CT molecular complexity index is 440. The van der Waals surface area contributed by atoms with Gasteiger partial charge >= 0.3 is 5.97 Å². The first-order chi connectivity index (χ1) is 10.5. The lowest BCUT2D eigenvalue weighted by Gasteiger charge is -2.16. The molecule has 3 nitrogen and oxygen atoms in total. The van der Waals surface area contributed by atoms with Gasteiger partial charge in [0.05, 0.1) is 11.7 Å². The zero-order chi connectivity index (χ0) is 16.4. The van der Waals surface area contributed by atoms with Crippen LogP contribution in [0.5, 0.6) is 0 Å². The summed E-state index contributed by atoms with van der Waals surface area (Å²) in [7, 11) is 1.72. The Kier molecular flexibility index (Phi) is 8.83. The molecule has 1 unspecified atom stereocenters. The summed E-state index contributed by atoms with van der Waals surface area (Å²) in [6.45, 7) is 4.53. The van der Waals surface area contributed by atoms with Crippen LogP contribution in [0.25, 0.3) is 0 Å². The molecule has 22 heavy (non-hydrogen) atoms. The fourth-order valence-electron chi connectivity index (χ4n) is 2.73. The lowest BCUT2D eigenvalue weighted by atomic mass is 9.97. The van der Waals surface area contributed by atoms with Crippen LogP contribution in [0, 0.1) is 5.92 Å². The summed E-state index contributed by atoms with van der Waals surface area (Å²) in [5, 5.41) is 9.23. The van der Waals surface area contributed by atoms with Gasteiger partial charge in [0.15, 0.2) is 0 Å². The molecule has 0 aliphatic carbocycles. The number of unbranched alkanes of at least 4 members (excludes halogenated alkanes) is 3. The summed E-state index contributed by atoms with van der Waals surface area (Å²) in [6.07, 6.45) is 8.03. The second-order valence-corrected chi connectivity index (χ2v) is 6.41. The molecule has 124 valence electrons. The molecule has 1 aromatic carbocycles. The fourth-order valence-corrected chi connectivity index (χ4v) is 2.73. The van der Waals surface area contributed by atoms with Crippen LogP contribution in [-0.4, -0.2) is 24.3 Å². The Morgan fingerprint density at radius 1 is 1.09 bits per heavy atom. The number of hydrogen-bond acceptors (Lipinski definition) is 2. The number of benzene rings is 1. The van der Waals surface area contributed by atoms with E-state index in [4.69, 9.17) is 4.74 Å². The summed E-state index contributed by atoms with van der Waals surface area (Å²) in [4.78, 5) is 11.2. The molecule has 1 aromatic rings. The molecule has 0 heterocycles. The van der Waals surface area contributed by atoms with Gasteiger partial charge in [-0.25, -0.2) is 4.79 Å². The van der Waals surface area contributed by atoms with Crippen LogP contribution in [0.2, 0.25) is 0 Å². The van der Waals surface area contributed by atoms with Gasteiger partial charge in [-0.05, 0) is 30.4 Å². The predicted molar refractivity (Wildman–Crippen MR) is 90.4 cm³/mol. The molecule has 0 saturated carbocycles. The van der Waals surface area contributed by atoms with Crippen LogP contribution in [0.4, 0.5) is 0 Å². The summed E-state index contributed by atoms with van der Waals surface area (Å²) in [5.74, 6) is -0.0709. The van der Waals surface area contributed by atoms with E-state index in [9.17, 15) is 9.90 Å². The number of carboxylic acid groups (broad SMARTS) is 1. The smallest absolute Gasteiger partial charge is 0.335 e. The lowest BCUT2D eigenvalue weighted by Crippen LogP contribution is -2.16. The first kappa shape index (κ1) is 18.7. The van der Waals surface area contributed by atoms with Gasteiger partial charge in [-0.1, -0.05) is 64.2 Å². The van der Waals surface area contributed by atoms with E-state index in [1.807, 2.05) is 12.1 Å².